The molecule has 0 aromatic heterocycles. The maximum Gasteiger partial charge on any atom is 0.244 e. The van der Waals surface area contributed by atoms with E-state index in [1.807, 2.05) is 17.9 Å². The lowest BCUT2D eigenvalue weighted by atomic mass is 10.1. The van der Waals surface area contributed by atoms with E-state index in [-0.39, 0.29) is 5.91 Å². The molecule has 1 N–H and O–H groups in total. The number of nitrogens with one attached hydrogen (secondary N) is 1. The molecule has 2 aromatic carbocycles. The van der Waals surface area contributed by atoms with Crippen molar-refractivity contribution >= 4 is 23.0 Å². The zero-order valence-corrected chi connectivity index (χ0v) is 11.1. The highest BCUT2D eigenvalue weighted by Crippen LogP contribution is 2.35. The summed E-state index contributed by atoms with van der Waals surface area (Å²) < 4.78 is 0. The number of hydrogen-bond acceptors (Lipinski definition) is 2. The lowest BCUT2D eigenvalue weighted by molar-refractivity contribution is -0.115. The minimum absolute atomic E-state index is 0.0266. The molecule has 0 aliphatic carbocycles. The van der Waals surface area contributed by atoms with Crippen molar-refractivity contribution in [1.29, 1.82) is 0 Å². The highest BCUT2D eigenvalue weighted by Gasteiger charge is 2.22. The Labute approximate surface area is 112 Å². The van der Waals surface area contributed by atoms with Crippen LogP contribution in [0.1, 0.15) is 11.1 Å². The summed E-state index contributed by atoms with van der Waals surface area (Å²) >= 11 is 0. The van der Waals surface area contributed by atoms with Crippen LogP contribution in [0.25, 0.3) is 0 Å². The molecule has 0 saturated heterocycles. The van der Waals surface area contributed by atoms with Gasteiger partial charge in [0.15, 0.2) is 0 Å². The summed E-state index contributed by atoms with van der Waals surface area (Å²) in [7, 11) is 0. The molecule has 0 unspecified atom stereocenters. The van der Waals surface area contributed by atoms with E-state index in [1.54, 1.807) is 0 Å². The number of anilines is 3. The van der Waals surface area contributed by atoms with Crippen LogP contribution in [-0.4, -0.2) is 12.5 Å². The minimum Gasteiger partial charge on any atom is -0.330 e. The first-order chi connectivity index (χ1) is 9.13. The molecule has 1 heterocycles. The van der Waals surface area contributed by atoms with Crippen LogP contribution < -0.4 is 10.2 Å². The second-order valence-corrected chi connectivity index (χ2v) is 4.99. The van der Waals surface area contributed by atoms with Gasteiger partial charge < -0.3 is 10.2 Å². The average Bonchev–Trinajstić information content (AvgIpc) is 2.38. The first-order valence-electron chi connectivity index (χ1n) is 6.38. The van der Waals surface area contributed by atoms with Crippen molar-refractivity contribution in [3.8, 4) is 0 Å². The van der Waals surface area contributed by atoms with Crippen molar-refractivity contribution in [2.75, 3.05) is 16.8 Å². The SMILES string of the molecule is Cc1ccc(N2CC(=O)Nc3cc(C)ccc32)cc1. The summed E-state index contributed by atoms with van der Waals surface area (Å²) in [5, 5.41) is 2.93. The van der Waals surface area contributed by atoms with Gasteiger partial charge in [-0.1, -0.05) is 23.8 Å². The Morgan fingerprint density at radius 2 is 1.68 bits per heavy atom. The van der Waals surface area contributed by atoms with Crippen LogP contribution in [0.2, 0.25) is 0 Å². The van der Waals surface area contributed by atoms with E-state index in [4.69, 9.17) is 0 Å². The molecule has 0 saturated carbocycles. The first kappa shape index (κ1) is 11.8. The van der Waals surface area contributed by atoms with Gasteiger partial charge in [0.05, 0.1) is 11.4 Å². The van der Waals surface area contributed by atoms with Crippen LogP contribution in [-0.2, 0) is 4.79 Å². The molecule has 0 spiro atoms. The third kappa shape index (κ3) is 2.19. The van der Waals surface area contributed by atoms with E-state index in [1.165, 1.54) is 5.56 Å². The Morgan fingerprint density at radius 3 is 2.42 bits per heavy atom. The van der Waals surface area contributed by atoms with Crippen molar-refractivity contribution in [1.82, 2.24) is 0 Å². The van der Waals surface area contributed by atoms with Crippen LogP contribution in [0.5, 0.6) is 0 Å². The number of fused-ring (bicyclic) bond motifs is 1. The number of rotatable bonds is 1. The van der Waals surface area contributed by atoms with Gasteiger partial charge in [0.25, 0.3) is 0 Å². The van der Waals surface area contributed by atoms with Gasteiger partial charge in [0.2, 0.25) is 5.91 Å². The van der Waals surface area contributed by atoms with Crippen molar-refractivity contribution in [2.45, 2.75) is 13.8 Å². The summed E-state index contributed by atoms with van der Waals surface area (Å²) in [5.74, 6) is 0.0266. The molecule has 1 amide bonds. The number of carbonyl (C=O) groups is 1. The number of benzene rings is 2. The van der Waals surface area contributed by atoms with Crippen molar-refractivity contribution < 1.29 is 4.79 Å². The molecule has 2 aromatic rings. The molecular formula is C16H16N2O. The van der Waals surface area contributed by atoms with E-state index in [0.29, 0.717) is 6.54 Å². The van der Waals surface area contributed by atoms with Crippen LogP contribution in [0.4, 0.5) is 17.1 Å². The van der Waals surface area contributed by atoms with Gasteiger partial charge in [-0.25, -0.2) is 0 Å². The molecule has 3 nitrogen and oxygen atoms in total. The van der Waals surface area contributed by atoms with Gasteiger partial charge in [-0.2, -0.15) is 0 Å². The lowest BCUT2D eigenvalue weighted by Gasteiger charge is -2.31. The predicted octanol–water partition coefficient (Wildman–Crippen LogP) is 3.39. The van der Waals surface area contributed by atoms with Crippen LogP contribution in [0.15, 0.2) is 42.5 Å². The normalized spacial score (nSPS) is 14.0. The number of aryl methyl sites for hydroxylation is 2. The zero-order valence-electron chi connectivity index (χ0n) is 11.1. The Morgan fingerprint density at radius 1 is 1.00 bits per heavy atom. The van der Waals surface area contributed by atoms with Crippen LogP contribution in [0.3, 0.4) is 0 Å². The number of nitrogens with zero attached hydrogens (tertiary/aromatic N) is 1. The Hall–Kier alpha value is -2.29. The van der Waals surface area contributed by atoms with Gasteiger partial charge in [-0.05, 0) is 43.7 Å². The van der Waals surface area contributed by atoms with E-state index in [0.717, 1.165) is 22.6 Å². The molecule has 3 rings (SSSR count). The smallest absolute Gasteiger partial charge is 0.244 e. The van der Waals surface area contributed by atoms with Gasteiger partial charge in [0, 0.05) is 5.69 Å². The maximum atomic E-state index is 11.8. The molecule has 1 aliphatic rings. The summed E-state index contributed by atoms with van der Waals surface area (Å²) in [4.78, 5) is 13.9. The fourth-order valence-electron chi connectivity index (χ4n) is 2.36. The molecule has 0 bridgehead atoms. The van der Waals surface area contributed by atoms with Crippen molar-refractivity contribution in [3.05, 3.63) is 53.6 Å². The third-order valence-corrected chi connectivity index (χ3v) is 3.36. The number of amides is 1. The monoisotopic (exact) mass is 252 g/mol. The lowest BCUT2D eigenvalue weighted by Crippen LogP contribution is -2.35. The van der Waals surface area contributed by atoms with E-state index in [9.17, 15) is 4.79 Å². The molecular weight excluding hydrogens is 236 g/mol. The van der Waals surface area contributed by atoms with Crippen molar-refractivity contribution in [2.24, 2.45) is 0 Å². The van der Waals surface area contributed by atoms with E-state index < -0.39 is 0 Å². The van der Waals surface area contributed by atoms with Crippen LogP contribution in [0, 0.1) is 13.8 Å². The largest absolute Gasteiger partial charge is 0.330 e. The fourth-order valence-corrected chi connectivity index (χ4v) is 2.36. The van der Waals surface area contributed by atoms with Gasteiger partial charge in [-0.3, -0.25) is 4.79 Å². The fraction of sp³-hybridized carbons (Fsp3) is 0.188. The summed E-state index contributed by atoms with van der Waals surface area (Å²) in [6.45, 7) is 4.44. The summed E-state index contributed by atoms with van der Waals surface area (Å²) in [6.07, 6.45) is 0. The molecule has 96 valence electrons. The minimum atomic E-state index is 0.0266. The van der Waals surface area contributed by atoms with E-state index >= 15 is 0 Å². The number of hydrogen-bond donors (Lipinski definition) is 1. The maximum absolute atomic E-state index is 11.8. The van der Waals surface area contributed by atoms with Gasteiger partial charge >= 0.3 is 0 Å². The molecule has 3 heteroatoms. The molecule has 0 atom stereocenters. The van der Waals surface area contributed by atoms with Crippen LogP contribution >= 0.6 is 0 Å². The molecule has 19 heavy (non-hydrogen) atoms. The predicted molar refractivity (Wildman–Crippen MR) is 78.0 cm³/mol. The Balaban J connectivity index is 2.08. The molecule has 0 radical (unpaired) electrons. The van der Waals surface area contributed by atoms with Gasteiger partial charge in [-0.15, -0.1) is 0 Å². The second kappa shape index (κ2) is 4.43. The second-order valence-electron chi connectivity index (χ2n) is 4.99. The summed E-state index contributed by atoms with van der Waals surface area (Å²) in [5.41, 5.74) is 5.34. The van der Waals surface area contributed by atoms with E-state index in [2.05, 4.69) is 48.6 Å². The highest BCUT2D eigenvalue weighted by atomic mass is 16.2. The third-order valence-electron chi connectivity index (χ3n) is 3.36. The average molecular weight is 252 g/mol. The standard InChI is InChI=1S/C16H16N2O/c1-11-3-6-13(7-4-11)18-10-16(19)17-14-9-12(2)5-8-15(14)18/h3-9H,10H2,1-2H3,(H,17,19). The molecule has 0 fully saturated rings. The Bertz CT molecular complexity index is 632. The number of carbonyl (C=O) groups excluding carboxylic acids is 1. The highest BCUT2D eigenvalue weighted by molar-refractivity contribution is 6.03. The summed E-state index contributed by atoms with van der Waals surface area (Å²) in [6, 6.07) is 14.4. The quantitative estimate of drug-likeness (QED) is 0.843. The Kier molecular flexibility index (Phi) is 2.75. The van der Waals surface area contributed by atoms with Gasteiger partial charge in [0.1, 0.15) is 6.54 Å². The van der Waals surface area contributed by atoms with Crippen molar-refractivity contribution in [3.63, 3.8) is 0 Å². The molecule has 1 aliphatic heterocycles. The topological polar surface area (TPSA) is 32.3 Å². The first-order valence-corrected chi connectivity index (χ1v) is 6.38. The zero-order chi connectivity index (χ0) is 13.4.